The molecular weight excluding hydrogens is 242 g/mol. The van der Waals surface area contributed by atoms with Gasteiger partial charge in [-0.05, 0) is 0 Å². The number of nitrogens with one attached hydrogen (secondary N) is 1. The van der Waals surface area contributed by atoms with E-state index < -0.39 is 10.2 Å². The maximum Gasteiger partial charge on any atom is 0.282 e. The number of rotatable bonds is 7. The van der Waals surface area contributed by atoms with E-state index in [-0.39, 0.29) is 0 Å². The molecule has 1 fully saturated rings. The smallest absolute Gasteiger partial charge is 0.282 e. The Bertz CT molecular complexity index is 326. The van der Waals surface area contributed by atoms with Crippen molar-refractivity contribution in [3.8, 4) is 0 Å². The van der Waals surface area contributed by atoms with Crippen LogP contribution >= 0.6 is 0 Å². The Morgan fingerprint density at radius 2 is 2.12 bits per heavy atom. The maximum atomic E-state index is 12.3. The van der Waals surface area contributed by atoms with Gasteiger partial charge in [-0.15, -0.1) is 6.58 Å². The lowest BCUT2D eigenvalue weighted by Crippen LogP contribution is -2.52. The summed E-state index contributed by atoms with van der Waals surface area (Å²) in [5.74, 6) is 0. The lowest BCUT2D eigenvalue weighted by atomic mass is 10.4. The third-order valence-corrected chi connectivity index (χ3v) is 4.61. The summed E-state index contributed by atoms with van der Waals surface area (Å²) in [4.78, 5) is 0. The second-order valence-corrected chi connectivity index (χ2v) is 5.72. The van der Waals surface area contributed by atoms with Crippen molar-refractivity contribution >= 4 is 10.2 Å². The van der Waals surface area contributed by atoms with Crippen molar-refractivity contribution in [3.63, 3.8) is 0 Å². The van der Waals surface area contributed by atoms with Gasteiger partial charge >= 0.3 is 0 Å². The standard InChI is InChI=1S/C10H21N3O3S/c1-3-6-12(9-10-16-2)17(14,15)13-7-4-11-5-8-13/h3,11H,1,4-10H2,2H3. The molecule has 1 saturated heterocycles. The maximum absolute atomic E-state index is 12.3. The van der Waals surface area contributed by atoms with Gasteiger partial charge in [0.1, 0.15) is 0 Å². The fourth-order valence-electron chi connectivity index (χ4n) is 1.68. The van der Waals surface area contributed by atoms with Crippen LogP contribution in [-0.4, -0.2) is 70.0 Å². The van der Waals surface area contributed by atoms with Gasteiger partial charge in [0.05, 0.1) is 6.61 Å². The van der Waals surface area contributed by atoms with E-state index in [1.54, 1.807) is 13.2 Å². The van der Waals surface area contributed by atoms with Gasteiger partial charge in [-0.25, -0.2) is 0 Å². The summed E-state index contributed by atoms with van der Waals surface area (Å²) in [6.45, 7) is 7.08. The van der Waals surface area contributed by atoms with Gasteiger partial charge in [-0.1, -0.05) is 6.08 Å². The van der Waals surface area contributed by atoms with E-state index in [0.717, 1.165) is 0 Å². The number of methoxy groups -OCH3 is 1. The molecule has 0 aromatic rings. The first-order chi connectivity index (χ1) is 8.12. The normalized spacial score (nSPS) is 18.5. The second-order valence-electron chi connectivity index (χ2n) is 3.80. The molecule has 0 spiro atoms. The van der Waals surface area contributed by atoms with Gasteiger partial charge < -0.3 is 10.1 Å². The minimum absolute atomic E-state index is 0.315. The summed E-state index contributed by atoms with van der Waals surface area (Å²) in [6.07, 6.45) is 1.59. The lowest BCUT2D eigenvalue weighted by molar-refractivity contribution is 0.178. The molecule has 1 N–H and O–H groups in total. The Kier molecular flexibility index (Phi) is 6.07. The Labute approximate surface area is 103 Å². The van der Waals surface area contributed by atoms with Crippen LogP contribution in [-0.2, 0) is 14.9 Å². The van der Waals surface area contributed by atoms with Gasteiger partial charge in [0, 0.05) is 46.4 Å². The van der Waals surface area contributed by atoms with E-state index in [1.807, 2.05) is 0 Å². The molecule has 1 aliphatic heterocycles. The number of hydrogen-bond donors (Lipinski definition) is 1. The molecule has 6 nitrogen and oxygen atoms in total. The summed E-state index contributed by atoms with van der Waals surface area (Å²) >= 11 is 0. The first-order valence-corrected chi connectivity index (χ1v) is 7.08. The molecule has 0 saturated carbocycles. The van der Waals surface area contributed by atoms with Crippen LogP contribution in [0.1, 0.15) is 0 Å². The number of ether oxygens (including phenoxy) is 1. The molecule has 1 heterocycles. The zero-order valence-electron chi connectivity index (χ0n) is 10.3. The summed E-state index contributed by atoms with van der Waals surface area (Å²) in [6, 6.07) is 0. The predicted molar refractivity (Wildman–Crippen MR) is 67.0 cm³/mol. The second kappa shape index (κ2) is 7.07. The van der Waals surface area contributed by atoms with E-state index in [0.29, 0.717) is 45.9 Å². The molecule has 0 radical (unpaired) electrons. The summed E-state index contributed by atoms with van der Waals surface area (Å²) in [5, 5.41) is 3.13. The van der Waals surface area contributed by atoms with Crippen LogP contribution in [0.15, 0.2) is 12.7 Å². The van der Waals surface area contributed by atoms with Crippen LogP contribution in [0.2, 0.25) is 0 Å². The third kappa shape index (κ3) is 4.04. The molecule has 0 bridgehead atoms. The lowest BCUT2D eigenvalue weighted by Gasteiger charge is -2.31. The van der Waals surface area contributed by atoms with E-state index >= 15 is 0 Å². The van der Waals surface area contributed by atoms with Crippen LogP contribution in [0.5, 0.6) is 0 Å². The minimum atomic E-state index is -3.38. The van der Waals surface area contributed by atoms with Crippen molar-refractivity contribution < 1.29 is 13.2 Å². The fraction of sp³-hybridized carbons (Fsp3) is 0.800. The van der Waals surface area contributed by atoms with E-state index in [2.05, 4.69) is 11.9 Å². The SMILES string of the molecule is C=CCN(CCOC)S(=O)(=O)N1CCNCC1. The molecule has 100 valence electrons. The highest BCUT2D eigenvalue weighted by Crippen LogP contribution is 2.09. The minimum Gasteiger partial charge on any atom is -0.383 e. The van der Waals surface area contributed by atoms with Gasteiger partial charge in [0.2, 0.25) is 0 Å². The van der Waals surface area contributed by atoms with Crippen LogP contribution in [0, 0.1) is 0 Å². The van der Waals surface area contributed by atoms with E-state index in [9.17, 15) is 8.42 Å². The highest BCUT2D eigenvalue weighted by molar-refractivity contribution is 7.86. The quantitative estimate of drug-likeness (QED) is 0.615. The number of piperazine rings is 1. The Balaban J connectivity index is 2.70. The Morgan fingerprint density at radius 3 is 2.65 bits per heavy atom. The highest BCUT2D eigenvalue weighted by atomic mass is 32.2. The highest BCUT2D eigenvalue weighted by Gasteiger charge is 2.29. The first-order valence-electron chi connectivity index (χ1n) is 5.68. The van der Waals surface area contributed by atoms with Crippen LogP contribution in [0.4, 0.5) is 0 Å². The van der Waals surface area contributed by atoms with Gasteiger partial charge in [-0.2, -0.15) is 17.0 Å². The molecule has 0 atom stereocenters. The molecule has 0 unspecified atom stereocenters. The zero-order chi connectivity index (χ0) is 12.7. The predicted octanol–water partition coefficient (Wildman–Crippen LogP) is -0.729. The third-order valence-electron chi connectivity index (χ3n) is 2.61. The summed E-state index contributed by atoms with van der Waals surface area (Å²) in [5.41, 5.74) is 0. The largest absolute Gasteiger partial charge is 0.383 e. The average molecular weight is 263 g/mol. The molecule has 1 rings (SSSR count). The average Bonchev–Trinajstić information content (AvgIpc) is 2.35. The van der Waals surface area contributed by atoms with Crippen LogP contribution in [0.3, 0.4) is 0 Å². The molecule has 0 aromatic heterocycles. The van der Waals surface area contributed by atoms with Crippen molar-refractivity contribution in [1.82, 2.24) is 13.9 Å². The molecule has 0 aliphatic carbocycles. The molecule has 7 heteroatoms. The van der Waals surface area contributed by atoms with E-state index in [1.165, 1.54) is 8.61 Å². The van der Waals surface area contributed by atoms with E-state index in [4.69, 9.17) is 4.74 Å². The zero-order valence-corrected chi connectivity index (χ0v) is 11.1. The van der Waals surface area contributed by atoms with Crippen LogP contribution in [0.25, 0.3) is 0 Å². The topological polar surface area (TPSA) is 61.9 Å². The fourth-order valence-corrected chi connectivity index (χ4v) is 3.25. The van der Waals surface area contributed by atoms with Gasteiger partial charge in [0.15, 0.2) is 0 Å². The van der Waals surface area contributed by atoms with Gasteiger partial charge in [-0.3, -0.25) is 0 Å². The van der Waals surface area contributed by atoms with Crippen LogP contribution < -0.4 is 5.32 Å². The number of hydrogen-bond acceptors (Lipinski definition) is 4. The Morgan fingerprint density at radius 1 is 1.47 bits per heavy atom. The van der Waals surface area contributed by atoms with Crippen molar-refractivity contribution in [2.75, 3.05) is 53.0 Å². The number of nitrogens with zero attached hydrogens (tertiary/aromatic N) is 2. The molecule has 17 heavy (non-hydrogen) atoms. The van der Waals surface area contributed by atoms with Gasteiger partial charge in [0.25, 0.3) is 10.2 Å². The Hall–Kier alpha value is -0.470. The van der Waals surface area contributed by atoms with Crippen molar-refractivity contribution in [2.24, 2.45) is 0 Å². The summed E-state index contributed by atoms with van der Waals surface area (Å²) < 4.78 is 32.4. The first kappa shape index (κ1) is 14.6. The molecule has 0 aromatic carbocycles. The van der Waals surface area contributed by atoms with Crippen molar-refractivity contribution in [3.05, 3.63) is 12.7 Å². The summed E-state index contributed by atoms with van der Waals surface area (Å²) in [7, 11) is -1.82. The molecular formula is C10H21N3O3S. The van der Waals surface area contributed by atoms with Crippen molar-refractivity contribution in [2.45, 2.75) is 0 Å². The van der Waals surface area contributed by atoms with Crippen molar-refractivity contribution in [1.29, 1.82) is 0 Å². The molecule has 0 amide bonds. The molecule has 1 aliphatic rings. The monoisotopic (exact) mass is 263 g/mol.